The minimum Gasteiger partial charge on any atom is -0.268 e. The summed E-state index contributed by atoms with van der Waals surface area (Å²) in [7, 11) is 0. The normalized spacial score (nSPS) is 11.2. The molecule has 0 unspecified atom stereocenters. The quantitative estimate of drug-likeness (QED) is 0.708. The van der Waals surface area contributed by atoms with Gasteiger partial charge in [-0.25, -0.2) is 0 Å². The zero-order valence-corrected chi connectivity index (χ0v) is 15.0. The average molecular weight is 379 g/mol. The predicted molar refractivity (Wildman–Crippen MR) is 86.2 cm³/mol. The van der Waals surface area contributed by atoms with Crippen LogP contribution in [0.5, 0.6) is 0 Å². The van der Waals surface area contributed by atoms with Gasteiger partial charge in [0.05, 0.1) is 15.9 Å². The van der Waals surface area contributed by atoms with Crippen molar-refractivity contribution in [3.8, 4) is 0 Å². The largest absolute Gasteiger partial charge is 0.268 e. The molecule has 2 aromatic rings. The van der Waals surface area contributed by atoms with E-state index in [9.17, 15) is 0 Å². The molecule has 0 spiro atoms. The Kier molecular flexibility index (Phi) is 5.73. The number of hydrogen-bond donors (Lipinski definition) is 0. The van der Waals surface area contributed by atoms with Crippen molar-refractivity contribution in [2.75, 3.05) is 6.26 Å². The van der Waals surface area contributed by atoms with E-state index in [1.165, 1.54) is 5.69 Å². The Labute approximate surface area is 133 Å². The van der Waals surface area contributed by atoms with E-state index in [1.807, 2.05) is 6.26 Å². The molecule has 0 radical (unpaired) electrons. The monoisotopic (exact) mass is 378 g/mol. The highest BCUT2D eigenvalue weighted by Crippen LogP contribution is 2.32. The molecule has 0 saturated heterocycles. The van der Waals surface area contributed by atoms with Gasteiger partial charge in [-0.15, -0.1) is 10.2 Å². The average Bonchev–Trinajstić information content (AvgIpc) is 3.00. The summed E-state index contributed by atoms with van der Waals surface area (Å²) in [5.41, 5.74) is 2.35. The Morgan fingerprint density at radius 2 is 2.00 bits per heavy atom. The van der Waals surface area contributed by atoms with E-state index in [1.54, 1.807) is 34.9 Å². The van der Waals surface area contributed by atoms with Gasteiger partial charge < -0.3 is 0 Å². The van der Waals surface area contributed by atoms with Crippen molar-refractivity contribution >= 4 is 50.8 Å². The topological polar surface area (TPSA) is 43.6 Å². The molecule has 8 heteroatoms. The van der Waals surface area contributed by atoms with Crippen LogP contribution in [0, 0.1) is 0 Å². The minimum atomic E-state index is 0.866. The molecular formula is C11H15BrN4S3. The predicted octanol–water partition coefficient (Wildman–Crippen LogP) is 4.09. The van der Waals surface area contributed by atoms with Crippen molar-refractivity contribution in [2.24, 2.45) is 0 Å². The Morgan fingerprint density at radius 3 is 2.58 bits per heavy atom. The van der Waals surface area contributed by atoms with Crippen LogP contribution < -0.4 is 0 Å². The maximum Gasteiger partial charge on any atom is 0.175 e. The summed E-state index contributed by atoms with van der Waals surface area (Å²) in [5.74, 6) is 0.866. The van der Waals surface area contributed by atoms with Gasteiger partial charge >= 0.3 is 0 Å². The molecule has 104 valence electrons. The van der Waals surface area contributed by atoms with Gasteiger partial charge in [-0.1, -0.05) is 41.8 Å². The van der Waals surface area contributed by atoms with Crippen LogP contribution in [0.15, 0.2) is 13.2 Å². The molecule has 2 heterocycles. The van der Waals surface area contributed by atoms with E-state index in [4.69, 9.17) is 0 Å². The summed E-state index contributed by atoms with van der Waals surface area (Å²) < 4.78 is 5.23. The molecule has 4 nitrogen and oxygen atoms in total. The number of halogens is 1. The summed E-state index contributed by atoms with van der Waals surface area (Å²) >= 11 is 8.66. The molecule has 0 atom stereocenters. The molecule has 0 bridgehead atoms. The van der Waals surface area contributed by atoms with Gasteiger partial charge in [0, 0.05) is 12.3 Å². The van der Waals surface area contributed by atoms with Crippen LogP contribution >= 0.6 is 50.8 Å². The van der Waals surface area contributed by atoms with Gasteiger partial charge in [-0.05, 0) is 35.5 Å². The second-order valence-corrected chi connectivity index (χ2v) is 7.75. The van der Waals surface area contributed by atoms with Crippen LogP contribution in [0.25, 0.3) is 0 Å². The van der Waals surface area contributed by atoms with E-state index in [2.05, 4.69) is 49.8 Å². The smallest absolute Gasteiger partial charge is 0.175 e. The molecule has 19 heavy (non-hydrogen) atoms. The lowest BCUT2D eigenvalue weighted by Gasteiger charge is -2.03. The Morgan fingerprint density at radius 1 is 1.26 bits per heavy atom. The molecule has 0 amide bonds. The molecule has 0 aliphatic heterocycles. The highest BCUT2D eigenvalue weighted by molar-refractivity contribution is 9.10. The lowest BCUT2D eigenvalue weighted by atomic mass is 10.3. The number of hydrogen-bond acceptors (Lipinski definition) is 6. The molecule has 0 fully saturated rings. The summed E-state index contributed by atoms with van der Waals surface area (Å²) in [6, 6.07) is 0. The highest BCUT2D eigenvalue weighted by Gasteiger charge is 2.15. The first kappa shape index (κ1) is 15.3. The van der Waals surface area contributed by atoms with Crippen molar-refractivity contribution in [1.82, 2.24) is 20.0 Å². The first-order valence-electron chi connectivity index (χ1n) is 5.93. The number of aromatic nitrogens is 4. The van der Waals surface area contributed by atoms with Crippen molar-refractivity contribution < 1.29 is 0 Å². The van der Waals surface area contributed by atoms with Crippen LogP contribution in [-0.2, 0) is 18.7 Å². The molecule has 0 aromatic carbocycles. The van der Waals surface area contributed by atoms with Crippen LogP contribution in [0.2, 0.25) is 0 Å². The Balaban J connectivity index is 2.12. The maximum atomic E-state index is 4.60. The van der Waals surface area contributed by atoms with Crippen molar-refractivity contribution in [2.45, 2.75) is 41.2 Å². The van der Waals surface area contributed by atoms with Crippen molar-refractivity contribution in [3.63, 3.8) is 0 Å². The molecular weight excluding hydrogens is 364 g/mol. The van der Waals surface area contributed by atoms with Crippen LogP contribution in [0.1, 0.15) is 25.2 Å². The van der Waals surface area contributed by atoms with E-state index in [-0.39, 0.29) is 0 Å². The first-order chi connectivity index (χ1) is 9.19. The Hall–Kier alpha value is -0.0500. The summed E-state index contributed by atoms with van der Waals surface area (Å²) in [6.45, 7) is 5.13. The fourth-order valence-corrected chi connectivity index (χ4v) is 4.98. The van der Waals surface area contributed by atoms with Gasteiger partial charge in [0.25, 0.3) is 0 Å². The third kappa shape index (κ3) is 3.53. The van der Waals surface area contributed by atoms with Gasteiger partial charge in [-0.3, -0.25) is 4.68 Å². The number of aryl methyl sites for hydroxylation is 2. The zero-order chi connectivity index (χ0) is 13.8. The number of rotatable bonds is 6. The molecule has 0 aliphatic rings. The summed E-state index contributed by atoms with van der Waals surface area (Å²) in [4.78, 5) is 0. The summed E-state index contributed by atoms with van der Waals surface area (Å²) in [5, 5.41) is 12.9. The maximum absolute atomic E-state index is 4.60. The van der Waals surface area contributed by atoms with Gasteiger partial charge in [0.2, 0.25) is 0 Å². The SMILES string of the molecule is CCc1nn(CC)c(CSc2nnc(SC)s2)c1Br. The fraction of sp³-hybridized carbons (Fsp3) is 0.545. The molecule has 0 saturated carbocycles. The van der Waals surface area contributed by atoms with E-state index in [0.29, 0.717) is 0 Å². The second-order valence-electron chi connectivity index (χ2n) is 3.70. The fourth-order valence-electron chi connectivity index (χ4n) is 1.62. The lowest BCUT2D eigenvalue weighted by molar-refractivity contribution is 0.627. The van der Waals surface area contributed by atoms with Crippen LogP contribution in [0.3, 0.4) is 0 Å². The molecule has 0 N–H and O–H groups in total. The molecule has 2 rings (SSSR count). The second kappa shape index (κ2) is 7.10. The Bertz CT molecular complexity index is 552. The molecule has 2 aromatic heterocycles. The van der Waals surface area contributed by atoms with Crippen molar-refractivity contribution in [1.29, 1.82) is 0 Å². The van der Waals surface area contributed by atoms with Crippen LogP contribution in [0.4, 0.5) is 0 Å². The van der Waals surface area contributed by atoms with Gasteiger partial charge in [-0.2, -0.15) is 5.10 Å². The highest BCUT2D eigenvalue weighted by atomic mass is 79.9. The summed E-state index contributed by atoms with van der Waals surface area (Å²) in [6.07, 6.45) is 2.96. The van der Waals surface area contributed by atoms with Gasteiger partial charge in [0.15, 0.2) is 8.68 Å². The van der Waals surface area contributed by atoms with Crippen LogP contribution in [-0.4, -0.2) is 26.2 Å². The standard InChI is InChI=1S/C11H15BrN4S3/c1-4-7-9(12)8(16(5-2)15-7)6-18-11-14-13-10(17-3)19-11/h4-6H2,1-3H3. The van der Waals surface area contributed by atoms with E-state index < -0.39 is 0 Å². The number of thioether (sulfide) groups is 2. The first-order valence-corrected chi connectivity index (χ1v) is 9.75. The van der Waals surface area contributed by atoms with E-state index >= 15 is 0 Å². The number of nitrogens with zero attached hydrogens (tertiary/aromatic N) is 4. The molecule has 0 aliphatic carbocycles. The minimum absolute atomic E-state index is 0.866. The van der Waals surface area contributed by atoms with E-state index in [0.717, 1.165) is 37.6 Å². The van der Waals surface area contributed by atoms with Crippen molar-refractivity contribution in [3.05, 3.63) is 15.9 Å². The third-order valence-electron chi connectivity index (χ3n) is 2.59. The third-order valence-corrected chi connectivity index (χ3v) is 6.55. The zero-order valence-electron chi connectivity index (χ0n) is 11.0. The lowest BCUT2D eigenvalue weighted by Crippen LogP contribution is -2.01. The van der Waals surface area contributed by atoms with Gasteiger partial charge in [0.1, 0.15) is 0 Å².